The Kier molecular flexibility index (Phi) is 6.49. The predicted molar refractivity (Wildman–Crippen MR) is 127 cm³/mol. The number of hydrogen-bond donors (Lipinski definition) is 0. The molecule has 0 radical (unpaired) electrons. The fourth-order valence-corrected chi connectivity index (χ4v) is 5.00. The van der Waals surface area contributed by atoms with Crippen LogP contribution in [0.3, 0.4) is 0 Å². The summed E-state index contributed by atoms with van der Waals surface area (Å²) in [6, 6.07) is 21.2. The Balaban J connectivity index is 1.40. The van der Waals surface area contributed by atoms with Crippen molar-refractivity contribution in [3.63, 3.8) is 0 Å². The minimum absolute atomic E-state index is 0.0772. The van der Waals surface area contributed by atoms with Crippen molar-refractivity contribution in [2.75, 3.05) is 40.0 Å². The number of nitrogens with zero attached hydrogens (tertiary/aromatic N) is 1. The van der Waals surface area contributed by atoms with E-state index in [1.807, 2.05) is 24.3 Å². The summed E-state index contributed by atoms with van der Waals surface area (Å²) in [6.45, 7) is 4.56. The van der Waals surface area contributed by atoms with Crippen LogP contribution in [0.15, 0.2) is 66.7 Å². The molecule has 0 aromatic heterocycles. The largest absolute Gasteiger partial charge is 0.497 e. The highest BCUT2D eigenvalue weighted by Crippen LogP contribution is 2.47. The Bertz CT molecular complexity index is 1060. The second-order valence-corrected chi connectivity index (χ2v) is 8.82. The normalized spacial score (nSPS) is 20.2. The highest BCUT2D eigenvalue weighted by molar-refractivity contribution is 5.51. The molecule has 2 aliphatic heterocycles. The molecular formula is C28H30FNO3. The number of rotatable bonds is 7. The van der Waals surface area contributed by atoms with E-state index >= 15 is 0 Å². The minimum Gasteiger partial charge on any atom is -0.497 e. The molecule has 0 aliphatic carbocycles. The average Bonchev–Trinajstić information content (AvgIpc) is 3.38. The summed E-state index contributed by atoms with van der Waals surface area (Å²) in [4.78, 5) is 2.45. The van der Waals surface area contributed by atoms with Gasteiger partial charge in [-0.3, -0.25) is 4.90 Å². The van der Waals surface area contributed by atoms with Crippen molar-refractivity contribution in [3.8, 4) is 17.2 Å². The van der Waals surface area contributed by atoms with Crippen LogP contribution in [0.5, 0.6) is 17.2 Å². The van der Waals surface area contributed by atoms with E-state index in [9.17, 15) is 4.39 Å². The maximum Gasteiger partial charge on any atom is 0.126 e. The topological polar surface area (TPSA) is 30.9 Å². The first kappa shape index (κ1) is 21.8. The molecule has 2 heterocycles. The van der Waals surface area contributed by atoms with Crippen molar-refractivity contribution in [1.29, 1.82) is 0 Å². The van der Waals surface area contributed by atoms with Crippen molar-refractivity contribution in [1.82, 2.24) is 4.90 Å². The second kappa shape index (κ2) is 9.84. The number of likely N-dealkylation sites (tertiary alicyclic amines) is 1. The number of methoxy groups -OCH3 is 1. The quantitative estimate of drug-likeness (QED) is 0.471. The third-order valence-electron chi connectivity index (χ3n) is 6.79. The fraction of sp³-hybridized carbons (Fsp3) is 0.357. The maximum absolute atomic E-state index is 13.6. The molecular weight excluding hydrogens is 417 g/mol. The molecule has 0 spiro atoms. The Labute approximate surface area is 194 Å². The van der Waals surface area contributed by atoms with Gasteiger partial charge in [-0.1, -0.05) is 30.3 Å². The molecule has 0 bridgehead atoms. The Morgan fingerprint density at radius 2 is 1.61 bits per heavy atom. The summed E-state index contributed by atoms with van der Waals surface area (Å²) >= 11 is 0. The van der Waals surface area contributed by atoms with E-state index in [-0.39, 0.29) is 17.7 Å². The highest BCUT2D eigenvalue weighted by atomic mass is 19.1. The molecule has 1 saturated heterocycles. The monoisotopic (exact) mass is 447 g/mol. The van der Waals surface area contributed by atoms with Gasteiger partial charge in [0.1, 0.15) is 29.7 Å². The first-order chi connectivity index (χ1) is 16.2. The standard InChI is InChI=1S/C28H30FNO3/c1-31-24-12-13-25-27(18-24)33-19-26(20-4-8-22(29)9-5-20)28(25)21-6-10-23(11-7-21)32-17-16-30-14-2-3-15-30/h4-13,18,26,28H,2-3,14-17,19H2,1H3. The van der Waals surface area contributed by atoms with Crippen LogP contribution < -0.4 is 14.2 Å². The smallest absolute Gasteiger partial charge is 0.126 e. The molecule has 3 aromatic rings. The van der Waals surface area contributed by atoms with E-state index < -0.39 is 0 Å². The lowest BCUT2D eigenvalue weighted by molar-refractivity contribution is 0.237. The van der Waals surface area contributed by atoms with Gasteiger partial charge in [-0.05, 0) is 67.4 Å². The minimum atomic E-state index is -0.229. The van der Waals surface area contributed by atoms with Crippen LogP contribution in [0.2, 0.25) is 0 Å². The van der Waals surface area contributed by atoms with E-state index in [0.717, 1.165) is 34.9 Å². The van der Waals surface area contributed by atoms with Gasteiger partial charge in [0.05, 0.1) is 13.7 Å². The fourth-order valence-electron chi connectivity index (χ4n) is 5.00. The molecule has 2 aliphatic rings. The first-order valence-electron chi connectivity index (χ1n) is 11.7. The predicted octanol–water partition coefficient (Wildman–Crippen LogP) is 5.62. The lowest BCUT2D eigenvalue weighted by atomic mass is 9.76. The molecule has 172 valence electrons. The molecule has 4 nitrogen and oxygen atoms in total. The molecule has 2 unspecified atom stereocenters. The van der Waals surface area contributed by atoms with E-state index in [2.05, 4.69) is 35.2 Å². The maximum atomic E-state index is 13.6. The number of fused-ring (bicyclic) bond motifs is 1. The molecule has 5 heteroatoms. The number of ether oxygens (including phenoxy) is 3. The third-order valence-corrected chi connectivity index (χ3v) is 6.79. The van der Waals surface area contributed by atoms with Crippen LogP contribution in [-0.4, -0.2) is 44.9 Å². The van der Waals surface area contributed by atoms with Crippen molar-refractivity contribution in [2.24, 2.45) is 0 Å². The van der Waals surface area contributed by atoms with Gasteiger partial charge in [0.15, 0.2) is 0 Å². The van der Waals surface area contributed by atoms with Gasteiger partial charge in [0, 0.05) is 30.0 Å². The average molecular weight is 448 g/mol. The summed E-state index contributed by atoms with van der Waals surface area (Å²) in [7, 11) is 1.66. The first-order valence-corrected chi connectivity index (χ1v) is 11.7. The molecule has 33 heavy (non-hydrogen) atoms. The number of halogens is 1. The highest BCUT2D eigenvalue weighted by Gasteiger charge is 2.33. The summed E-state index contributed by atoms with van der Waals surface area (Å²) in [6.07, 6.45) is 2.59. The molecule has 3 aromatic carbocycles. The molecule has 0 saturated carbocycles. The van der Waals surface area contributed by atoms with Crippen molar-refractivity contribution in [2.45, 2.75) is 24.7 Å². The van der Waals surface area contributed by atoms with Crippen LogP contribution >= 0.6 is 0 Å². The molecule has 1 fully saturated rings. The number of benzene rings is 3. The Morgan fingerprint density at radius 1 is 0.909 bits per heavy atom. The zero-order chi connectivity index (χ0) is 22.6. The Morgan fingerprint density at radius 3 is 2.33 bits per heavy atom. The van der Waals surface area contributed by atoms with E-state index in [1.165, 1.54) is 43.6 Å². The third kappa shape index (κ3) is 4.83. The van der Waals surface area contributed by atoms with Crippen LogP contribution in [0.4, 0.5) is 4.39 Å². The zero-order valence-corrected chi connectivity index (χ0v) is 19.0. The van der Waals surface area contributed by atoms with E-state index in [0.29, 0.717) is 13.2 Å². The van der Waals surface area contributed by atoms with Gasteiger partial charge in [-0.2, -0.15) is 0 Å². The number of hydrogen-bond acceptors (Lipinski definition) is 4. The Hall–Kier alpha value is -3.05. The lowest BCUT2D eigenvalue weighted by Crippen LogP contribution is -2.25. The van der Waals surface area contributed by atoms with Gasteiger partial charge in [0.2, 0.25) is 0 Å². The van der Waals surface area contributed by atoms with Crippen molar-refractivity contribution in [3.05, 3.63) is 89.2 Å². The van der Waals surface area contributed by atoms with Gasteiger partial charge >= 0.3 is 0 Å². The van der Waals surface area contributed by atoms with Crippen LogP contribution in [0, 0.1) is 5.82 Å². The van der Waals surface area contributed by atoms with E-state index in [4.69, 9.17) is 14.2 Å². The SMILES string of the molecule is COc1ccc2c(c1)OCC(c1ccc(F)cc1)C2c1ccc(OCCN2CCCC2)cc1. The van der Waals surface area contributed by atoms with Gasteiger partial charge < -0.3 is 14.2 Å². The van der Waals surface area contributed by atoms with Crippen LogP contribution in [0.25, 0.3) is 0 Å². The summed E-state index contributed by atoms with van der Waals surface area (Å²) in [5, 5.41) is 0. The summed E-state index contributed by atoms with van der Waals surface area (Å²) in [5.74, 6) is 2.43. The second-order valence-electron chi connectivity index (χ2n) is 8.82. The van der Waals surface area contributed by atoms with Gasteiger partial charge in [0.25, 0.3) is 0 Å². The molecule has 0 N–H and O–H groups in total. The molecule has 2 atom stereocenters. The lowest BCUT2D eigenvalue weighted by Gasteiger charge is -2.34. The van der Waals surface area contributed by atoms with Gasteiger partial charge in [-0.25, -0.2) is 4.39 Å². The molecule has 5 rings (SSSR count). The van der Waals surface area contributed by atoms with Crippen molar-refractivity contribution >= 4 is 0 Å². The van der Waals surface area contributed by atoms with Crippen molar-refractivity contribution < 1.29 is 18.6 Å². The van der Waals surface area contributed by atoms with Crippen LogP contribution in [0.1, 0.15) is 41.4 Å². The zero-order valence-electron chi connectivity index (χ0n) is 19.0. The van der Waals surface area contributed by atoms with Gasteiger partial charge in [-0.15, -0.1) is 0 Å². The van der Waals surface area contributed by atoms with E-state index in [1.54, 1.807) is 7.11 Å². The molecule has 0 amide bonds. The summed E-state index contributed by atoms with van der Waals surface area (Å²) in [5.41, 5.74) is 3.36. The summed E-state index contributed by atoms with van der Waals surface area (Å²) < 4.78 is 31.1. The van der Waals surface area contributed by atoms with Crippen LogP contribution in [-0.2, 0) is 0 Å².